The first-order valence-corrected chi connectivity index (χ1v) is 11.7. The molecule has 3 heteroatoms. The summed E-state index contributed by atoms with van der Waals surface area (Å²) >= 11 is 0. The van der Waals surface area contributed by atoms with Crippen LogP contribution < -0.4 is 0 Å². The summed E-state index contributed by atoms with van der Waals surface area (Å²) in [7, 11) is 0. The van der Waals surface area contributed by atoms with Crippen LogP contribution in [0.3, 0.4) is 0 Å². The van der Waals surface area contributed by atoms with Crippen molar-refractivity contribution in [3.8, 4) is 0 Å². The molecule has 0 bridgehead atoms. The van der Waals surface area contributed by atoms with E-state index in [0.717, 1.165) is 44.9 Å². The minimum Gasteiger partial charge on any atom is -0.481 e. The number of carboxylic acid groups (broad SMARTS) is 1. The molecule has 0 fully saturated rings. The molecule has 2 N–H and O–H groups in total. The van der Waals surface area contributed by atoms with E-state index in [9.17, 15) is 9.90 Å². The van der Waals surface area contributed by atoms with Crippen LogP contribution in [-0.4, -0.2) is 22.3 Å². The van der Waals surface area contributed by atoms with Crippen LogP contribution in [0.5, 0.6) is 0 Å². The molecular formula is C24H46O3. The lowest BCUT2D eigenvalue weighted by Gasteiger charge is -2.10. The average Bonchev–Trinajstić information content (AvgIpc) is 2.64. The molecule has 0 saturated carbocycles. The molecule has 27 heavy (non-hydrogen) atoms. The van der Waals surface area contributed by atoms with Crippen molar-refractivity contribution in [2.75, 3.05) is 0 Å². The minimum absolute atomic E-state index is 0.165. The second kappa shape index (κ2) is 21.5. The summed E-state index contributed by atoms with van der Waals surface area (Å²) in [5, 5.41) is 18.6. The Balaban J connectivity index is 3.22. The van der Waals surface area contributed by atoms with Crippen LogP contribution in [0.1, 0.15) is 129 Å². The molecule has 0 saturated heterocycles. The monoisotopic (exact) mass is 382 g/mol. The third-order valence-electron chi connectivity index (χ3n) is 5.23. The Morgan fingerprint density at radius 3 is 1.67 bits per heavy atom. The Kier molecular flexibility index (Phi) is 20.8. The molecule has 0 aliphatic heterocycles. The molecule has 3 nitrogen and oxygen atoms in total. The largest absolute Gasteiger partial charge is 0.481 e. The quantitative estimate of drug-likeness (QED) is 0.160. The van der Waals surface area contributed by atoms with Gasteiger partial charge in [0.15, 0.2) is 0 Å². The summed E-state index contributed by atoms with van der Waals surface area (Å²) < 4.78 is 0. The van der Waals surface area contributed by atoms with Crippen molar-refractivity contribution in [3.05, 3.63) is 12.2 Å². The van der Waals surface area contributed by atoms with E-state index in [2.05, 4.69) is 19.1 Å². The topological polar surface area (TPSA) is 57.5 Å². The van der Waals surface area contributed by atoms with Crippen molar-refractivity contribution >= 4 is 5.97 Å². The van der Waals surface area contributed by atoms with Crippen LogP contribution in [0, 0.1) is 0 Å². The van der Waals surface area contributed by atoms with Gasteiger partial charge in [0.1, 0.15) is 0 Å². The first kappa shape index (κ1) is 26.2. The van der Waals surface area contributed by atoms with E-state index in [1.165, 1.54) is 70.6 Å². The highest BCUT2D eigenvalue weighted by Gasteiger charge is 2.04. The van der Waals surface area contributed by atoms with Crippen molar-refractivity contribution in [2.24, 2.45) is 0 Å². The molecule has 0 aliphatic rings. The van der Waals surface area contributed by atoms with Crippen molar-refractivity contribution < 1.29 is 15.0 Å². The Morgan fingerprint density at radius 1 is 0.704 bits per heavy atom. The maximum Gasteiger partial charge on any atom is 0.303 e. The van der Waals surface area contributed by atoms with Crippen molar-refractivity contribution in [3.63, 3.8) is 0 Å². The van der Waals surface area contributed by atoms with Crippen molar-refractivity contribution in [2.45, 2.75) is 135 Å². The summed E-state index contributed by atoms with van der Waals surface area (Å²) in [5.74, 6) is -0.705. The second-order valence-electron chi connectivity index (χ2n) is 8.02. The number of hydrogen-bond donors (Lipinski definition) is 2. The predicted octanol–water partition coefficient (Wildman–Crippen LogP) is 7.42. The molecule has 0 spiro atoms. The van der Waals surface area contributed by atoms with Crippen molar-refractivity contribution in [1.82, 2.24) is 0 Å². The highest BCUT2D eigenvalue weighted by Crippen LogP contribution is 2.14. The van der Waals surface area contributed by atoms with Crippen LogP contribution >= 0.6 is 0 Å². The second-order valence-corrected chi connectivity index (χ2v) is 8.02. The molecule has 0 aromatic heterocycles. The average molecular weight is 383 g/mol. The number of aliphatic carboxylic acids is 1. The number of unbranched alkanes of at least 4 members (excludes halogenated alkanes) is 13. The van der Waals surface area contributed by atoms with Gasteiger partial charge in [-0.1, -0.05) is 89.7 Å². The van der Waals surface area contributed by atoms with Crippen LogP contribution in [-0.2, 0) is 4.79 Å². The van der Waals surface area contributed by atoms with Gasteiger partial charge < -0.3 is 10.2 Å². The van der Waals surface area contributed by atoms with Gasteiger partial charge in [0.05, 0.1) is 6.10 Å². The highest BCUT2D eigenvalue weighted by atomic mass is 16.4. The SMILES string of the molecule is CCCCCCCC/C=C\CCCCCCC(O)CCCCCCC(=O)O. The number of allylic oxidation sites excluding steroid dienone is 2. The lowest BCUT2D eigenvalue weighted by molar-refractivity contribution is -0.137. The molecule has 0 radical (unpaired) electrons. The summed E-state index contributed by atoms with van der Waals surface area (Å²) in [6.07, 6.45) is 26.0. The molecule has 0 heterocycles. The smallest absolute Gasteiger partial charge is 0.303 e. The lowest BCUT2D eigenvalue weighted by Crippen LogP contribution is -2.06. The molecule has 0 aromatic carbocycles. The predicted molar refractivity (Wildman–Crippen MR) is 116 cm³/mol. The fourth-order valence-corrected chi connectivity index (χ4v) is 3.43. The fraction of sp³-hybridized carbons (Fsp3) is 0.875. The standard InChI is InChI=1S/C24H46O3/c1-2-3-4-5-6-7-8-9-10-11-12-13-14-17-20-23(25)21-18-15-16-19-22-24(26)27/h9-10,23,25H,2-8,11-22H2,1H3,(H,26,27)/b10-9-. The first-order chi connectivity index (χ1) is 13.2. The summed E-state index contributed by atoms with van der Waals surface area (Å²) in [4.78, 5) is 10.4. The molecule has 160 valence electrons. The van der Waals surface area contributed by atoms with Crippen molar-refractivity contribution in [1.29, 1.82) is 0 Å². The third-order valence-corrected chi connectivity index (χ3v) is 5.23. The van der Waals surface area contributed by atoms with E-state index in [4.69, 9.17) is 5.11 Å². The van der Waals surface area contributed by atoms with Gasteiger partial charge in [0.25, 0.3) is 0 Å². The van der Waals surface area contributed by atoms with Gasteiger partial charge in [-0.2, -0.15) is 0 Å². The number of aliphatic hydroxyl groups is 1. The summed E-state index contributed by atoms with van der Waals surface area (Å²) in [6, 6.07) is 0. The fourth-order valence-electron chi connectivity index (χ4n) is 3.43. The van der Waals surface area contributed by atoms with Crippen LogP contribution in [0.4, 0.5) is 0 Å². The van der Waals surface area contributed by atoms with E-state index in [1.54, 1.807) is 0 Å². The van der Waals surface area contributed by atoms with E-state index in [0.29, 0.717) is 0 Å². The van der Waals surface area contributed by atoms with Gasteiger partial charge in [-0.3, -0.25) is 4.79 Å². The number of aliphatic hydroxyl groups excluding tert-OH is 1. The molecule has 1 unspecified atom stereocenters. The van der Waals surface area contributed by atoms with E-state index in [-0.39, 0.29) is 12.5 Å². The number of carbonyl (C=O) groups is 1. The van der Waals surface area contributed by atoms with Crippen LogP contribution in [0.15, 0.2) is 12.2 Å². The Morgan fingerprint density at radius 2 is 1.15 bits per heavy atom. The van der Waals surface area contributed by atoms with Crippen LogP contribution in [0.2, 0.25) is 0 Å². The first-order valence-electron chi connectivity index (χ1n) is 11.7. The maximum absolute atomic E-state index is 10.4. The van der Waals surface area contributed by atoms with Gasteiger partial charge >= 0.3 is 5.97 Å². The minimum atomic E-state index is -0.705. The summed E-state index contributed by atoms with van der Waals surface area (Å²) in [6.45, 7) is 2.26. The van der Waals surface area contributed by atoms with Gasteiger partial charge in [-0.25, -0.2) is 0 Å². The molecule has 0 amide bonds. The molecular weight excluding hydrogens is 336 g/mol. The third kappa shape index (κ3) is 23.1. The lowest BCUT2D eigenvalue weighted by atomic mass is 10.0. The van der Waals surface area contributed by atoms with E-state index >= 15 is 0 Å². The van der Waals surface area contributed by atoms with Gasteiger partial charge in [-0.05, 0) is 44.9 Å². The van der Waals surface area contributed by atoms with Gasteiger partial charge in [0.2, 0.25) is 0 Å². The van der Waals surface area contributed by atoms with Gasteiger partial charge in [-0.15, -0.1) is 0 Å². The van der Waals surface area contributed by atoms with E-state index < -0.39 is 5.97 Å². The van der Waals surface area contributed by atoms with E-state index in [1.807, 2.05) is 0 Å². The Labute approximate surface area is 168 Å². The normalized spacial score (nSPS) is 12.7. The number of carboxylic acids is 1. The van der Waals surface area contributed by atoms with Gasteiger partial charge in [0, 0.05) is 6.42 Å². The number of rotatable bonds is 21. The molecule has 0 aliphatic carbocycles. The molecule has 0 aromatic rings. The zero-order valence-electron chi connectivity index (χ0n) is 18.0. The molecule has 0 rings (SSSR count). The zero-order valence-corrected chi connectivity index (χ0v) is 18.0. The molecule has 1 atom stereocenters. The van der Waals surface area contributed by atoms with Crippen LogP contribution in [0.25, 0.3) is 0 Å². The highest BCUT2D eigenvalue weighted by molar-refractivity contribution is 5.66. The summed E-state index contributed by atoms with van der Waals surface area (Å²) in [5.41, 5.74) is 0. The maximum atomic E-state index is 10.4. The Hall–Kier alpha value is -0.830. The number of hydrogen-bond acceptors (Lipinski definition) is 2. The Bertz CT molecular complexity index is 339. The zero-order chi connectivity index (χ0) is 20.0.